The number of nitrogens with one attached hydrogen (secondary N) is 6. The van der Waals surface area contributed by atoms with E-state index in [0.717, 1.165) is 88.4 Å². The summed E-state index contributed by atoms with van der Waals surface area (Å²) < 4.78 is 0. The zero-order chi connectivity index (χ0) is 40.4. The van der Waals surface area contributed by atoms with Crippen LogP contribution in [0, 0.1) is 6.92 Å². The minimum absolute atomic E-state index is 0.524. The molecule has 0 saturated heterocycles. The smallest absolute Gasteiger partial charge is 0.176 e. The molecule has 7 heterocycles. The van der Waals surface area contributed by atoms with Crippen LogP contribution in [0.1, 0.15) is 5.69 Å². The lowest BCUT2D eigenvalue weighted by atomic mass is 10.1. The van der Waals surface area contributed by atoms with Gasteiger partial charge >= 0.3 is 0 Å². The Hall–Kier alpha value is -8.78. The Kier molecular flexibility index (Phi) is 7.68. The minimum atomic E-state index is 0.524. The molecular formula is C47H32N14. The second-order valence-corrected chi connectivity index (χ2v) is 15.0. The molecule has 61 heavy (non-hydrogen) atoms. The van der Waals surface area contributed by atoms with Crippen LogP contribution in [0.25, 0.3) is 100 Å². The maximum Gasteiger partial charge on any atom is 0.176 e. The van der Waals surface area contributed by atoms with Gasteiger partial charge in [0.05, 0.1) is 34.1 Å². The van der Waals surface area contributed by atoms with Crippen molar-refractivity contribution in [1.29, 1.82) is 0 Å². The normalized spacial score (nSPS) is 11.7. The van der Waals surface area contributed by atoms with Crippen molar-refractivity contribution in [2.45, 2.75) is 6.92 Å². The molecular weight excluding hydrogens is 761 g/mol. The number of hydrogen-bond acceptors (Lipinski definition) is 10. The highest BCUT2D eigenvalue weighted by molar-refractivity contribution is 5.96. The lowest BCUT2D eigenvalue weighted by Gasteiger charge is -2.11. The fourth-order valence-electron chi connectivity index (χ4n) is 7.83. The van der Waals surface area contributed by atoms with E-state index >= 15 is 0 Å². The topological polar surface area (TPSA) is 190 Å². The van der Waals surface area contributed by atoms with Crippen molar-refractivity contribution >= 4 is 77.5 Å². The molecule has 12 rings (SSSR count). The van der Waals surface area contributed by atoms with Crippen LogP contribution < -0.4 is 10.6 Å². The van der Waals surface area contributed by atoms with Gasteiger partial charge in [0.15, 0.2) is 17.5 Å². The maximum absolute atomic E-state index is 5.14. The Morgan fingerprint density at radius 3 is 2.21 bits per heavy atom. The van der Waals surface area contributed by atoms with Gasteiger partial charge in [-0.3, -0.25) is 10.2 Å². The molecule has 0 amide bonds. The maximum atomic E-state index is 5.14. The number of hydrogen-bond donors (Lipinski definition) is 6. The highest BCUT2D eigenvalue weighted by Gasteiger charge is 2.17. The second-order valence-electron chi connectivity index (χ2n) is 15.0. The number of H-pyrrole nitrogens is 4. The predicted octanol–water partition coefficient (Wildman–Crippen LogP) is 10.4. The van der Waals surface area contributed by atoms with Crippen molar-refractivity contribution in [1.82, 2.24) is 60.3 Å². The van der Waals surface area contributed by atoms with Gasteiger partial charge in [0, 0.05) is 79.2 Å². The lowest BCUT2D eigenvalue weighted by Crippen LogP contribution is -2.00. The Balaban J connectivity index is 0.912. The molecule has 0 aliphatic carbocycles. The number of aromatic nitrogens is 12. The van der Waals surface area contributed by atoms with Gasteiger partial charge in [-0.15, -0.1) is 0 Å². The number of aryl methyl sites for hydroxylation is 1. The molecule has 0 fully saturated rings. The number of benzene rings is 5. The number of para-hydroxylation sites is 1. The molecule has 14 nitrogen and oxygen atoms in total. The minimum Gasteiger partial charge on any atom is -0.359 e. The van der Waals surface area contributed by atoms with E-state index in [1.807, 2.05) is 98.0 Å². The van der Waals surface area contributed by atoms with Crippen molar-refractivity contribution in [2.75, 3.05) is 10.6 Å². The summed E-state index contributed by atoms with van der Waals surface area (Å²) in [6, 6.07) is 40.3. The highest BCUT2D eigenvalue weighted by atomic mass is 15.1. The molecule has 0 unspecified atom stereocenters. The first-order valence-corrected chi connectivity index (χ1v) is 19.6. The quantitative estimate of drug-likeness (QED) is 0.0863. The van der Waals surface area contributed by atoms with E-state index in [0.29, 0.717) is 40.5 Å². The molecule has 0 bridgehead atoms. The van der Waals surface area contributed by atoms with Crippen LogP contribution in [0.5, 0.6) is 0 Å². The third-order valence-corrected chi connectivity index (χ3v) is 10.8. The van der Waals surface area contributed by atoms with Gasteiger partial charge in [0.25, 0.3) is 0 Å². The number of nitrogens with zero attached hydrogens (tertiary/aromatic N) is 8. The van der Waals surface area contributed by atoms with E-state index in [1.165, 1.54) is 0 Å². The summed E-state index contributed by atoms with van der Waals surface area (Å²) in [6.45, 7) is 2.05. The van der Waals surface area contributed by atoms with Crippen LogP contribution in [0.2, 0.25) is 0 Å². The van der Waals surface area contributed by atoms with Crippen molar-refractivity contribution in [3.05, 3.63) is 146 Å². The van der Waals surface area contributed by atoms with Crippen molar-refractivity contribution in [2.24, 2.45) is 0 Å². The standard InChI is InChI=1S/C47H32N14/c1-25-16-26-6-8-28(19-38(26)51-25)45-48-15-14-42(57-45)52-33-11-13-37-34(21-33)44(61-60-37)40-22-43(53-32-10-12-36-31(17-32)24-50-59-36)58-46(56-40)29-9-7-27-18-41(54-39(27)20-29)47-49-23-30-4-2-3-5-35(30)55-47/h2-24,51,54H,1H3,(H,50,59)(H,60,61)(H,48,52,57)(H,53,56,58). The Labute approximate surface area is 345 Å². The largest absolute Gasteiger partial charge is 0.359 e. The molecule has 5 aromatic carbocycles. The van der Waals surface area contributed by atoms with Gasteiger partial charge in [-0.2, -0.15) is 10.2 Å². The number of anilines is 4. The van der Waals surface area contributed by atoms with E-state index in [2.05, 4.69) is 82.3 Å². The zero-order valence-corrected chi connectivity index (χ0v) is 32.4. The molecule has 0 spiro atoms. The van der Waals surface area contributed by atoms with Crippen molar-refractivity contribution < 1.29 is 0 Å². The summed E-state index contributed by atoms with van der Waals surface area (Å²) in [5.74, 6) is 3.04. The average Bonchev–Trinajstić information content (AvgIpc) is 4.11. The summed E-state index contributed by atoms with van der Waals surface area (Å²) in [6.07, 6.45) is 5.41. The monoisotopic (exact) mass is 792 g/mol. The molecule has 7 aromatic heterocycles. The van der Waals surface area contributed by atoms with Gasteiger partial charge < -0.3 is 20.6 Å². The molecule has 0 atom stereocenters. The Morgan fingerprint density at radius 2 is 1.30 bits per heavy atom. The van der Waals surface area contributed by atoms with Crippen molar-refractivity contribution in [3.8, 4) is 45.7 Å². The molecule has 0 radical (unpaired) electrons. The summed E-state index contributed by atoms with van der Waals surface area (Å²) in [5, 5.41) is 27.2. The SMILES string of the molecule is Cc1cc2ccc(-c3nccc(Nc4ccc5[nH]nc(-c6cc(Nc7ccc8[nH]ncc8c7)nc(-c7ccc8cc(-c9ncc%10ccccc%10n9)[nH]c8c7)n6)c5c4)n3)cc2[nH]1. The van der Waals surface area contributed by atoms with Gasteiger partial charge in [-0.25, -0.2) is 29.9 Å². The van der Waals surface area contributed by atoms with E-state index in [9.17, 15) is 0 Å². The first-order valence-electron chi connectivity index (χ1n) is 19.6. The van der Waals surface area contributed by atoms with Gasteiger partial charge in [-0.05, 0) is 85.1 Å². The molecule has 290 valence electrons. The van der Waals surface area contributed by atoms with Gasteiger partial charge in [-0.1, -0.05) is 42.5 Å². The van der Waals surface area contributed by atoms with Gasteiger partial charge in [0.2, 0.25) is 0 Å². The van der Waals surface area contributed by atoms with Gasteiger partial charge in [0.1, 0.15) is 17.3 Å². The summed E-state index contributed by atoms with van der Waals surface area (Å²) >= 11 is 0. The average molecular weight is 793 g/mol. The first-order chi connectivity index (χ1) is 30.0. The third-order valence-electron chi connectivity index (χ3n) is 10.8. The molecule has 0 saturated carbocycles. The summed E-state index contributed by atoms with van der Waals surface area (Å²) in [7, 11) is 0. The van der Waals surface area contributed by atoms with E-state index in [-0.39, 0.29) is 0 Å². The van der Waals surface area contributed by atoms with Crippen LogP contribution in [-0.4, -0.2) is 60.3 Å². The van der Waals surface area contributed by atoms with Crippen LogP contribution in [0.15, 0.2) is 140 Å². The van der Waals surface area contributed by atoms with E-state index < -0.39 is 0 Å². The molecule has 6 N–H and O–H groups in total. The van der Waals surface area contributed by atoms with E-state index in [4.69, 9.17) is 25.0 Å². The first kappa shape index (κ1) is 34.3. The molecule has 0 aliphatic rings. The predicted molar refractivity (Wildman–Crippen MR) is 240 cm³/mol. The summed E-state index contributed by atoms with van der Waals surface area (Å²) in [5.41, 5.74) is 11.3. The summed E-state index contributed by atoms with van der Waals surface area (Å²) in [4.78, 5) is 36.0. The zero-order valence-electron chi connectivity index (χ0n) is 32.4. The third kappa shape index (κ3) is 6.31. The van der Waals surface area contributed by atoms with Crippen LogP contribution in [0.3, 0.4) is 0 Å². The Morgan fingerprint density at radius 1 is 0.508 bits per heavy atom. The number of fused-ring (bicyclic) bond motifs is 5. The van der Waals surface area contributed by atoms with Crippen molar-refractivity contribution in [3.63, 3.8) is 0 Å². The lowest BCUT2D eigenvalue weighted by molar-refractivity contribution is 1.10. The van der Waals surface area contributed by atoms with Crippen LogP contribution in [0.4, 0.5) is 23.0 Å². The Bertz CT molecular complexity index is 3650. The molecule has 0 aliphatic heterocycles. The van der Waals surface area contributed by atoms with Crippen LogP contribution in [-0.2, 0) is 0 Å². The highest BCUT2D eigenvalue weighted by Crippen LogP contribution is 2.34. The fourth-order valence-corrected chi connectivity index (χ4v) is 7.83. The fraction of sp³-hybridized carbons (Fsp3) is 0.0213. The van der Waals surface area contributed by atoms with E-state index in [1.54, 1.807) is 12.4 Å². The van der Waals surface area contributed by atoms with Crippen LogP contribution >= 0.6 is 0 Å². The number of rotatable bonds is 8. The molecule has 12 aromatic rings. The second kappa shape index (κ2) is 13.7. The molecule has 14 heteroatoms. The number of aromatic amines is 4.